The number of rotatable bonds is 0. The summed E-state index contributed by atoms with van der Waals surface area (Å²) in [6, 6.07) is 0. The highest BCUT2D eigenvalue weighted by atomic mass is 16.7. The summed E-state index contributed by atoms with van der Waals surface area (Å²) in [6.45, 7) is 4.28. The van der Waals surface area contributed by atoms with Crippen LogP contribution in [0, 0.1) is 0 Å². The van der Waals surface area contributed by atoms with E-state index in [4.69, 9.17) is 14.2 Å². The maximum Gasteiger partial charge on any atom is 0.181 e. The van der Waals surface area contributed by atoms with Crippen LogP contribution in [-0.2, 0) is 14.2 Å². The summed E-state index contributed by atoms with van der Waals surface area (Å²) in [7, 11) is 0. The van der Waals surface area contributed by atoms with Gasteiger partial charge >= 0.3 is 0 Å². The molecular formula is C7H14O4. The molecule has 1 aliphatic rings. The van der Waals surface area contributed by atoms with E-state index in [0.29, 0.717) is 6.61 Å². The smallest absolute Gasteiger partial charge is 0.181 e. The molecule has 1 N–H and O–H groups in total. The predicted octanol–water partition coefficient (Wildman–Crippen LogP) is 0.103. The minimum atomic E-state index is -0.839. The van der Waals surface area contributed by atoms with Gasteiger partial charge in [-0.3, -0.25) is 0 Å². The lowest BCUT2D eigenvalue weighted by Gasteiger charge is -2.26. The Morgan fingerprint density at radius 2 is 2.09 bits per heavy atom. The quantitative estimate of drug-likeness (QED) is 0.549. The molecule has 1 fully saturated rings. The molecule has 11 heavy (non-hydrogen) atoms. The third-order valence-electron chi connectivity index (χ3n) is 1.54. The summed E-state index contributed by atoms with van der Waals surface area (Å²) < 4.78 is 15.2. The second kappa shape index (κ2) is 4.01. The molecule has 0 amide bonds. The number of aliphatic hydroxyl groups is 1. The third-order valence-corrected chi connectivity index (χ3v) is 1.54. The summed E-state index contributed by atoms with van der Waals surface area (Å²) in [5, 5.41) is 9.25. The fraction of sp³-hybridized carbons (Fsp3) is 1.00. The first kappa shape index (κ1) is 8.93. The molecule has 1 rings (SSSR count). The van der Waals surface area contributed by atoms with Gasteiger partial charge < -0.3 is 19.3 Å². The minimum Gasteiger partial charge on any atom is -0.366 e. The molecule has 4 nitrogen and oxygen atoms in total. The molecule has 0 aromatic heterocycles. The minimum absolute atomic E-state index is 0.0728. The molecule has 1 saturated heterocycles. The molecule has 0 bridgehead atoms. The van der Waals surface area contributed by atoms with Crippen LogP contribution in [0.15, 0.2) is 0 Å². The van der Waals surface area contributed by atoms with Crippen LogP contribution < -0.4 is 0 Å². The van der Waals surface area contributed by atoms with Gasteiger partial charge in [-0.05, 0) is 13.8 Å². The average Bonchev–Trinajstić information content (AvgIpc) is 1.95. The summed E-state index contributed by atoms with van der Waals surface area (Å²) in [6.07, 6.45) is -1.23. The van der Waals surface area contributed by atoms with E-state index in [2.05, 4.69) is 0 Å². The number of hydrogen-bond donors (Lipinski definition) is 1. The summed E-state index contributed by atoms with van der Waals surface area (Å²) in [4.78, 5) is 0. The zero-order chi connectivity index (χ0) is 8.27. The first-order valence-corrected chi connectivity index (χ1v) is 3.73. The van der Waals surface area contributed by atoms with Crippen molar-refractivity contribution in [2.45, 2.75) is 32.3 Å². The van der Waals surface area contributed by atoms with E-state index in [9.17, 15) is 5.11 Å². The van der Waals surface area contributed by atoms with Crippen molar-refractivity contribution < 1.29 is 19.3 Å². The lowest BCUT2D eigenvalue weighted by atomic mass is 10.3. The van der Waals surface area contributed by atoms with Crippen LogP contribution >= 0.6 is 0 Å². The molecule has 0 aromatic carbocycles. The van der Waals surface area contributed by atoms with Gasteiger partial charge in [-0.25, -0.2) is 0 Å². The molecule has 0 radical (unpaired) electrons. The maximum absolute atomic E-state index is 9.25. The number of ether oxygens (including phenoxy) is 3. The van der Waals surface area contributed by atoms with Gasteiger partial charge in [-0.15, -0.1) is 0 Å². The monoisotopic (exact) mass is 162 g/mol. The van der Waals surface area contributed by atoms with Crippen LogP contribution in [0.5, 0.6) is 0 Å². The zero-order valence-corrected chi connectivity index (χ0v) is 6.82. The fourth-order valence-corrected chi connectivity index (χ4v) is 0.840. The molecule has 1 heterocycles. The van der Waals surface area contributed by atoms with Crippen molar-refractivity contribution in [3.63, 3.8) is 0 Å². The highest BCUT2D eigenvalue weighted by molar-refractivity contribution is 4.58. The molecular weight excluding hydrogens is 148 g/mol. The Hall–Kier alpha value is -0.160. The Labute approximate surface area is 66.1 Å². The van der Waals surface area contributed by atoms with E-state index in [1.165, 1.54) is 0 Å². The fourth-order valence-electron chi connectivity index (χ4n) is 0.840. The van der Waals surface area contributed by atoms with Gasteiger partial charge in [0.05, 0.1) is 12.7 Å². The Bertz CT molecular complexity index is 117. The van der Waals surface area contributed by atoms with Gasteiger partial charge in [-0.1, -0.05) is 0 Å². The van der Waals surface area contributed by atoms with Crippen LogP contribution in [0.25, 0.3) is 0 Å². The van der Waals surface area contributed by atoms with Gasteiger partial charge in [0, 0.05) is 0 Å². The van der Waals surface area contributed by atoms with Gasteiger partial charge in [-0.2, -0.15) is 0 Å². The van der Waals surface area contributed by atoms with Gasteiger partial charge in [0.2, 0.25) is 0 Å². The lowest BCUT2D eigenvalue weighted by Crippen LogP contribution is -2.36. The van der Waals surface area contributed by atoms with E-state index in [1.807, 2.05) is 6.92 Å². The number of aliphatic hydroxyl groups excluding tert-OH is 1. The Balaban J connectivity index is 2.38. The van der Waals surface area contributed by atoms with Crippen LogP contribution in [-0.4, -0.2) is 37.0 Å². The molecule has 0 saturated carbocycles. The van der Waals surface area contributed by atoms with Crippen molar-refractivity contribution in [1.82, 2.24) is 0 Å². The summed E-state index contributed by atoms with van der Waals surface area (Å²) in [5.41, 5.74) is 0. The maximum atomic E-state index is 9.25. The molecule has 4 heteroatoms. The van der Waals surface area contributed by atoms with Crippen LogP contribution in [0.3, 0.4) is 0 Å². The summed E-state index contributed by atoms with van der Waals surface area (Å²) >= 11 is 0. The van der Waals surface area contributed by atoms with Gasteiger partial charge in [0.25, 0.3) is 0 Å². The second-order valence-electron chi connectivity index (χ2n) is 2.70. The van der Waals surface area contributed by atoms with E-state index in [1.54, 1.807) is 6.92 Å². The zero-order valence-electron chi connectivity index (χ0n) is 6.82. The lowest BCUT2D eigenvalue weighted by molar-refractivity contribution is -0.250. The Morgan fingerprint density at radius 1 is 1.36 bits per heavy atom. The van der Waals surface area contributed by atoms with Crippen LogP contribution in [0.2, 0.25) is 0 Å². The van der Waals surface area contributed by atoms with Crippen molar-refractivity contribution in [2.24, 2.45) is 0 Å². The van der Waals surface area contributed by atoms with Crippen LogP contribution in [0.4, 0.5) is 0 Å². The second-order valence-corrected chi connectivity index (χ2v) is 2.70. The van der Waals surface area contributed by atoms with E-state index in [0.717, 1.165) is 0 Å². The topological polar surface area (TPSA) is 47.9 Å². The first-order valence-electron chi connectivity index (χ1n) is 3.73. The SMILES string of the molecule is CC1COCOC(C)C(O)O1. The molecule has 3 unspecified atom stereocenters. The molecule has 1 aliphatic heterocycles. The van der Waals surface area contributed by atoms with E-state index in [-0.39, 0.29) is 19.0 Å². The Kier molecular flexibility index (Phi) is 3.26. The van der Waals surface area contributed by atoms with Gasteiger partial charge in [0.1, 0.15) is 12.9 Å². The van der Waals surface area contributed by atoms with Crippen LogP contribution in [0.1, 0.15) is 13.8 Å². The largest absolute Gasteiger partial charge is 0.366 e. The molecule has 66 valence electrons. The van der Waals surface area contributed by atoms with Crippen molar-refractivity contribution in [3.05, 3.63) is 0 Å². The third kappa shape index (κ3) is 2.75. The first-order chi connectivity index (χ1) is 5.20. The standard InChI is InChI=1S/C7H14O4/c1-5-3-9-4-10-6(2)7(8)11-5/h5-8H,3-4H2,1-2H3. The predicted molar refractivity (Wildman–Crippen MR) is 37.9 cm³/mol. The molecule has 0 aromatic rings. The molecule has 0 spiro atoms. The highest BCUT2D eigenvalue weighted by Gasteiger charge is 2.20. The molecule has 0 aliphatic carbocycles. The van der Waals surface area contributed by atoms with Crippen molar-refractivity contribution in [3.8, 4) is 0 Å². The Morgan fingerprint density at radius 3 is 2.82 bits per heavy atom. The van der Waals surface area contributed by atoms with Crippen molar-refractivity contribution in [2.75, 3.05) is 13.4 Å². The van der Waals surface area contributed by atoms with Gasteiger partial charge in [0.15, 0.2) is 6.29 Å². The van der Waals surface area contributed by atoms with E-state index < -0.39 is 6.29 Å². The van der Waals surface area contributed by atoms with Crippen molar-refractivity contribution in [1.29, 1.82) is 0 Å². The molecule has 3 atom stereocenters. The highest BCUT2D eigenvalue weighted by Crippen LogP contribution is 2.07. The van der Waals surface area contributed by atoms with Crippen molar-refractivity contribution >= 4 is 0 Å². The average molecular weight is 162 g/mol. The normalized spacial score (nSPS) is 41.2. The summed E-state index contributed by atoms with van der Waals surface area (Å²) in [5.74, 6) is 0. The van der Waals surface area contributed by atoms with E-state index >= 15 is 0 Å². The number of hydrogen-bond acceptors (Lipinski definition) is 4.